The molecule has 0 amide bonds. The lowest BCUT2D eigenvalue weighted by Gasteiger charge is -2.16. The molecule has 28 heavy (non-hydrogen) atoms. The second-order valence-electron chi connectivity index (χ2n) is 7.23. The van der Waals surface area contributed by atoms with Gasteiger partial charge in [-0.05, 0) is 29.5 Å². The molecule has 2 aromatic heterocycles. The van der Waals surface area contributed by atoms with Crippen LogP contribution in [0.25, 0.3) is 11.0 Å². The molecule has 0 atom stereocenters. The zero-order chi connectivity index (χ0) is 19.7. The van der Waals surface area contributed by atoms with E-state index in [1.807, 2.05) is 23.7 Å². The normalized spacial score (nSPS) is 16.6. The second-order valence-corrected chi connectivity index (χ2v) is 9.32. The Morgan fingerprint density at radius 1 is 1.18 bits per heavy atom. The zero-order valence-electron chi connectivity index (χ0n) is 16.2. The van der Waals surface area contributed by atoms with E-state index < -0.39 is 10.0 Å². The molecule has 0 radical (unpaired) electrons. The molecule has 148 valence electrons. The van der Waals surface area contributed by atoms with Gasteiger partial charge in [-0.1, -0.05) is 25.1 Å². The predicted octanol–water partition coefficient (Wildman–Crippen LogP) is 2.68. The van der Waals surface area contributed by atoms with Crippen LogP contribution in [-0.4, -0.2) is 39.6 Å². The summed E-state index contributed by atoms with van der Waals surface area (Å²) in [6.07, 6.45) is 5.17. The number of pyridine rings is 1. The molecule has 8 heteroatoms. The van der Waals surface area contributed by atoms with Gasteiger partial charge in [0.15, 0.2) is 0 Å². The lowest BCUT2D eigenvalue weighted by Crippen LogP contribution is -2.25. The number of hydrogen-bond donors (Lipinski definition) is 1. The third-order valence-electron chi connectivity index (χ3n) is 5.29. The quantitative estimate of drug-likeness (QED) is 0.689. The van der Waals surface area contributed by atoms with Gasteiger partial charge in [0.2, 0.25) is 10.0 Å². The van der Waals surface area contributed by atoms with Gasteiger partial charge < -0.3 is 9.88 Å². The van der Waals surface area contributed by atoms with Gasteiger partial charge in [0.05, 0.1) is 23.8 Å². The van der Waals surface area contributed by atoms with E-state index in [4.69, 9.17) is 0 Å². The molecular weight excluding hydrogens is 374 g/mol. The van der Waals surface area contributed by atoms with Crippen molar-refractivity contribution >= 4 is 26.9 Å². The van der Waals surface area contributed by atoms with E-state index in [2.05, 4.69) is 34.3 Å². The van der Waals surface area contributed by atoms with Gasteiger partial charge in [-0.15, -0.1) is 0 Å². The number of hydrogen-bond acceptors (Lipinski definition) is 5. The first kappa shape index (κ1) is 18.9. The van der Waals surface area contributed by atoms with Gasteiger partial charge in [-0.3, -0.25) is 0 Å². The van der Waals surface area contributed by atoms with E-state index in [1.165, 1.54) is 11.1 Å². The monoisotopic (exact) mass is 399 g/mol. The third-order valence-corrected chi connectivity index (χ3v) is 7.19. The van der Waals surface area contributed by atoms with Crippen molar-refractivity contribution in [3.05, 3.63) is 53.5 Å². The molecule has 3 aromatic rings. The fraction of sp³-hybridized carbons (Fsp3) is 0.400. The molecule has 1 aliphatic heterocycles. The number of fused-ring (bicyclic) bond motifs is 1. The van der Waals surface area contributed by atoms with E-state index in [1.54, 1.807) is 16.8 Å². The molecule has 0 spiro atoms. The molecular formula is C20H25N5O2S. The first-order chi connectivity index (χ1) is 13.5. The highest BCUT2D eigenvalue weighted by Gasteiger charge is 2.28. The van der Waals surface area contributed by atoms with Crippen LogP contribution in [0.15, 0.2) is 36.8 Å². The number of aromatic nitrogens is 3. The van der Waals surface area contributed by atoms with Crippen LogP contribution in [0, 0.1) is 0 Å². The van der Waals surface area contributed by atoms with Crippen molar-refractivity contribution in [1.29, 1.82) is 0 Å². The average molecular weight is 400 g/mol. The Bertz CT molecular complexity index is 1110. The Morgan fingerprint density at radius 2 is 2.04 bits per heavy atom. The Balaban J connectivity index is 1.48. The summed E-state index contributed by atoms with van der Waals surface area (Å²) in [6.45, 7) is 3.87. The zero-order valence-corrected chi connectivity index (χ0v) is 17.0. The van der Waals surface area contributed by atoms with E-state index in [-0.39, 0.29) is 5.75 Å². The third kappa shape index (κ3) is 3.74. The number of sulfonamides is 1. The molecule has 1 fully saturated rings. The standard InChI is InChI=1S/C20H25N5O2S/c1-3-16-9-15(13-25-7-4-8-28(25,26)27)5-6-17(16)11-21-20-10-19-18(12-22-20)23-14-24(19)2/h5-6,9-10,12,14H,3-4,7-8,11,13H2,1-2H3,(H,21,22). The van der Waals surface area contributed by atoms with Crippen LogP contribution in [0.3, 0.4) is 0 Å². The van der Waals surface area contributed by atoms with Crippen LogP contribution in [0.4, 0.5) is 5.82 Å². The number of rotatable bonds is 6. The predicted molar refractivity (Wildman–Crippen MR) is 110 cm³/mol. The first-order valence-corrected chi connectivity index (χ1v) is 11.2. The first-order valence-electron chi connectivity index (χ1n) is 9.56. The van der Waals surface area contributed by atoms with Crippen molar-refractivity contribution in [2.75, 3.05) is 17.6 Å². The van der Waals surface area contributed by atoms with Gasteiger partial charge in [-0.25, -0.2) is 18.4 Å². The number of aryl methyl sites for hydroxylation is 2. The van der Waals surface area contributed by atoms with Gasteiger partial charge in [0.1, 0.15) is 11.3 Å². The van der Waals surface area contributed by atoms with Crippen LogP contribution in [0.5, 0.6) is 0 Å². The fourth-order valence-electron chi connectivity index (χ4n) is 3.66. The summed E-state index contributed by atoms with van der Waals surface area (Å²) in [5, 5.41) is 3.39. The Labute approximate surface area is 165 Å². The number of imidazole rings is 1. The van der Waals surface area contributed by atoms with Crippen molar-refractivity contribution in [2.24, 2.45) is 7.05 Å². The Morgan fingerprint density at radius 3 is 2.79 bits per heavy atom. The number of nitrogens with one attached hydrogen (secondary N) is 1. The minimum atomic E-state index is -3.07. The molecule has 0 bridgehead atoms. The lowest BCUT2D eigenvalue weighted by atomic mass is 10.0. The molecule has 3 heterocycles. The van der Waals surface area contributed by atoms with E-state index in [0.29, 0.717) is 19.6 Å². The molecule has 1 saturated heterocycles. The van der Waals surface area contributed by atoms with Crippen molar-refractivity contribution in [2.45, 2.75) is 32.9 Å². The molecule has 0 saturated carbocycles. The molecule has 1 aliphatic rings. The van der Waals surface area contributed by atoms with Crippen LogP contribution in [-0.2, 0) is 36.6 Å². The Hall–Kier alpha value is -2.45. The molecule has 4 rings (SSSR count). The van der Waals surface area contributed by atoms with Gasteiger partial charge in [0, 0.05) is 32.7 Å². The summed E-state index contributed by atoms with van der Waals surface area (Å²) < 4.78 is 27.7. The number of benzene rings is 1. The molecule has 1 aromatic carbocycles. The summed E-state index contributed by atoms with van der Waals surface area (Å²) in [6, 6.07) is 8.25. The smallest absolute Gasteiger partial charge is 0.214 e. The summed E-state index contributed by atoms with van der Waals surface area (Å²) in [5.41, 5.74) is 5.38. The topological polar surface area (TPSA) is 80.1 Å². The Kier molecular flexibility index (Phi) is 5.07. The molecule has 0 unspecified atom stereocenters. The van der Waals surface area contributed by atoms with Gasteiger partial charge in [-0.2, -0.15) is 4.31 Å². The maximum atomic E-state index is 12.0. The highest BCUT2D eigenvalue weighted by atomic mass is 32.2. The van der Waals surface area contributed by atoms with Crippen LogP contribution < -0.4 is 5.32 Å². The van der Waals surface area contributed by atoms with Crippen molar-refractivity contribution in [1.82, 2.24) is 18.8 Å². The van der Waals surface area contributed by atoms with Crippen LogP contribution in [0.1, 0.15) is 30.0 Å². The van der Waals surface area contributed by atoms with Crippen LogP contribution >= 0.6 is 0 Å². The molecule has 7 nitrogen and oxygen atoms in total. The summed E-state index contributed by atoms with van der Waals surface area (Å²) in [5.74, 6) is 1.08. The van der Waals surface area contributed by atoms with Crippen LogP contribution in [0.2, 0.25) is 0 Å². The van der Waals surface area contributed by atoms with E-state index in [9.17, 15) is 8.42 Å². The molecule has 1 N–H and O–H groups in total. The van der Waals surface area contributed by atoms with Gasteiger partial charge >= 0.3 is 0 Å². The van der Waals surface area contributed by atoms with Crippen molar-refractivity contribution < 1.29 is 8.42 Å². The van der Waals surface area contributed by atoms with E-state index >= 15 is 0 Å². The SMILES string of the molecule is CCc1cc(CN2CCCS2(=O)=O)ccc1CNc1cc2c(cn1)ncn2C. The highest BCUT2D eigenvalue weighted by molar-refractivity contribution is 7.89. The summed E-state index contributed by atoms with van der Waals surface area (Å²) >= 11 is 0. The second kappa shape index (κ2) is 7.52. The highest BCUT2D eigenvalue weighted by Crippen LogP contribution is 2.21. The maximum absolute atomic E-state index is 12.0. The number of nitrogens with zero attached hydrogens (tertiary/aromatic N) is 4. The minimum Gasteiger partial charge on any atom is -0.366 e. The summed E-state index contributed by atoms with van der Waals surface area (Å²) in [7, 11) is -1.11. The van der Waals surface area contributed by atoms with Gasteiger partial charge in [0.25, 0.3) is 0 Å². The van der Waals surface area contributed by atoms with E-state index in [0.717, 1.165) is 35.3 Å². The minimum absolute atomic E-state index is 0.268. The average Bonchev–Trinajstić information content (AvgIpc) is 3.22. The van der Waals surface area contributed by atoms with Crippen molar-refractivity contribution in [3.8, 4) is 0 Å². The largest absolute Gasteiger partial charge is 0.366 e. The summed E-state index contributed by atoms with van der Waals surface area (Å²) in [4.78, 5) is 8.73. The maximum Gasteiger partial charge on any atom is 0.214 e. The molecule has 0 aliphatic carbocycles. The lowest BCUT2D eigenvalue weighted by molar-refractivity contribution is 0.439. The number of anilines is 1. The fourth-order valence-corrected chi connectivity index (χ4v) is 5.17. The van der Waals surface area contributed by atoms with Crippen molar-refractivity contribution in [3.63, 3.8) is 0 Å².